The summed E-state index contributed by atoms with van der Waals surface area (Å²) in [6.45, 7) is 1.98. The lowest BCUT2D eigenvalue weighted by Gasteiger charge is -2.36. The Kier molecular flexibility index (Phi) is 8.96. The maximum Gasteiger partial charge on any atom is 0.310 e. The number of likely N-dealkylation sites (N-methyl/N-ethyl adjacent to an activating group) is 1. The van der Waals surface area contributed by atoms with Gasteiger partial charge in [0.25, 0.3) is 0 Å². The zero-order chi connectivity index (χ0) is 22.3. The Hall–Kier alpha value is -1.40. The molecule has 0 aliphatic heterocycles. The van der Waals surface area contributed by atoms with Crippen LogP contribution in [0.15, 0.2) is 42.5 Å². The number of thiol groups is 1. The second-order valence-corrected chi connectivity index (χ2v) is 10.1. The molecule has 0 aromatic heterocycles. The summed E-state index contributed by atoms with van der Waals surface area (Å²) in [6, 6.07) is 12.9. The highest BCUT2D eigenvalue weighted by molar-refractivity contribution is 7.81. The van der Waals surface area contributed by atoms with E-state index < -0.39 is 0 Å². The van der Waals surface area contributed by atoms with Crippen molar-refractivity contribution in [1.29, 1.82) is 0 Å². The smallest absolute Gasteiger partial charge is 0.310 e. The number of nitrogens with one attached hydrogen (secondary N) is 1. The number of ether oxygens (including phenoxy) is 1. The van der Waals surface area contributed by atoms with E-state index in [1.165, 1.54) is 19.3 Å². The number of halogens is 2. The molecule has 2 aromatic rings. The quantitative estimate of drug-likeness (QED) is 0.322. The largest absolute Gasteiger partial charge is 0.464 e. The molecule has 0 bridgehead atoms. The van der Waals surface area contributed by atoms with Crippen LogP contribution in [0.25, 0.3) is 0 Å². The van der Waals surface area contributed by atoms with Gasteiger partial charge < -0.3 is 15.0 Å². The zero-order valence-electron chi connectivity index (χ0n) is 17.9. The van der Waals surface area contributed by atoms with Gasteiger partial charge in [-0.25, -0.2) is 0 Å². The zero-order valence-corrected chi connectivity index (χ0v) is 20.3. The maximum absolute atomic E-state index is 12.4. The molecule has 0 saturated heterocycles. The molecule has 168 valence electrons. The Balaban J connectivity index is 1.50. The summed E-state index contributed by atoms with van der Waals surface area (Å²) >= 11 is 17.4. The first-order valence-corrected chi connectivity index (χ1v) is 11.9. The van der Waals surface area contributed by atoms with Crippen LogP contribution in [0.1, 0.15) is 37.7 Å². The third kappa shape index (κ3) is 7.31. The van der Waals surface area contributed by atoms with Crippen molar-refractivity contribution in [2.75, 3.05) is 32.1 Å². The molecule has 1 saturated carbocycles. The Morgan fingerprint density at radius 2 is 1.77 bits per heavy atom. The molecule has 1 aliphatic carbocycles. The number of esters is 1. The Labute approximate surface area is 200 Å². The van der Waals surface area contributed by atoms with Crippen LogP contribution in [0.5, 0.6) is 0 Å². The standard InChI is InChI=1S/C24H30Cl2N2O2S/c1-28(17-24(31)12-5-2-6-13-24)14-15-30-22(29)16-18-8-3-4-11-21(18)27-23-19(25)9-7-10-20(23)26/h3-4,7-11,27,31H,2,5-6,12-17H2,1H3. The minimum Gasteiger partial charge on any atom is -0.464 e. The van der Waals surface area contributed by atoms with Gasteiger partial charge in [-0.2, -0.15) is 12.6 Å². The van der Waals surface area contributed by atoms with Crippen LogP contribution in [0.4, 0.5) is 11.4 Å². The lowest BCUT2D eigenvalue weighted by Crippen LogP contribution is -2.40. The fourth-order valence-electron chi connectivity index (χ4n) is 4.02. The van der Waals surface area contributed by atoms with Crippen LogP contribution in [0.2, 0.25) is 10.0 Å². The average molecular weight is 481 g/mol. The molecule has 1 aliphatic rings. The second kappa shape index (κ2) is 11.5. The van der Waals surface area contributed by atoms with Crippen LogP contribution in [-0.2, 0) is 16.0 Å². The summed E-state index contributed by atoms with van der Waals surface area (Å²) in [6.07, 6.45) is 6.28. The number of hydrogen-bond donors (Lipinski definition) is 2. The topological polar surface area (TPSA) is 41.6 Å². The monoisotopic (exact) mass is 480 g/mol. The summed E-state index contributed by atoms with van der Waals surface area (Å²) in [5, 5.41) is 4.29. The Bertz CT molecular complexity index is 867. The van der Waals surface area contributed by atoms with E-state index in [0.29, 0.717) is 28.9 Å². The highest BCUT2D eigenvalue weighted by Gasteiger charge is 2.29. The fraction of sp³-hybridized carbons (Fsp3) is 0.458. The molecule has 1 fully saturated rings. The van der Waals surface area contributed by atoms with E-state index in [9.17, 15) is 4.79 Å². The van der Waals surface area contributed by atoms with E-state index in [1.807, 2.05) is 24.3 Å². The molecule has 1 N–H and O–H groups in total. The van der Waals surface area contributed by atoms with Gasteiger partial charge >= 0.3 is 5.97 Å². The number of carbonyl (C=O) groups excluding carboxylic acids is 1. The van der Waals surface area contributed by atoms with Gasteiger partial charge in [-0.3, -0.25) is 4.79 Å². The molecular weight excluding hydrogens is 451 g/mol. The van der Waals surface area contributed by atoms with Crippen molar-refractivity contribution in [2.45, 2.75) is 43.3 Å². The van der Waals surface area contributed by atoms with Gasteiger partial charge in [0.05, 0.1) is 22.2 Å². The van der Waals surface area contributed by atoms with Crippen molar-refractivity contribution in [1.82, 2.24) is 4.90 Å². The second-order valence-electron chi connectivity index (χ2n) is 8.30. The van der Waals surface area contributed by atoms with Crippen molar-refractivity contribution in [3.05, 3.63) is 58.1 Å². The van der Waals surface area contributed by atoms with E-state index in [4.69, 9.17) is 40.6 Å². The summed E-state index contributed by atoms with van der Waals surface area (Å²) in [4.78, 5) is 14.7. The van der Waals surface area contributed by atoms with Crippen LogP contribution in [0.3, 0.4) is 0 Å². The van der Waals surface area contributed by atoms with E-state index in [2.05, 4.69) is 17.3 Å². The lowest BCUT2D eigenvalue weighted by atomic mass is 9.88. The van der Waals surface area contributed by atoms with E-state index in [-0.39, 0.29) is 17.1 Å². The van der Waals surface area contributed by atoms with Crippen LogP contribution < -0.4 is 5.32 Å². The lowest BCUT2D eigenvalue weighted by molar-refractivity contribution is -0.143. The first kappa shape index (κ1) is 24.2. The highest BCUT2D eigenvalue weighted by Crippen LogP contribution is 2.35. The molecule has 4 nitrogen and oxygen atoms in total. The molecule has 0 heterocycles. The van der Waals surface area contributed by atoms with Gasteiger partial charge in [-0.15, -0.1) is 0 Å². The third-order valence-electron chi connectivity index (χ3n) is 5.66. The first-order valence-electron chi connectivity index (χ1n) is 10.7. The summed E-state index contributed by atoms with van der Waals surface area (Å²) in [5.41, 5.74) is 2.23. The van der Waals surface area contributed by atoms with Gasteiger partial charge in [0, 0.05) is 23.5 Å². The molecule has 0 amide bonds. The van der Waals surface area contributed by atoms with Gasteiger partial charge in [-0.05, 0) is 43.7 Å². The molecule has 0 unspecified atom stereocenters. The van der Waals surface area contributed by atoms with Crippen molar-refractivity contribution in [3.63, 3.8) is 0 Å². The van der Waals surface area contributed by atoms with Crippen LogP contribution >= 0.6 is 35.8 Å². The molecule has 0 radical (unpaired) electrons. The third-order valence-corrected chi connectivity index (χ3v) is 6.88. The predicted octanol–water partition coefficient (Wildman–Crippen LogP) is 6.39. The number of anilines is 2. The summed E-state index contributed by atoms with van der Waals surface area (Å²) in [5.74, 6) is -0.258. The van der Waals surface area contributed by atoms with Gasteiger partial charge in [0.1, 0.15) is 6.61 Å². The Morgan fingerprint density at radius 1 is 1.10 bits per heavy atom. The molecule has 7 heteroatoms. The molecule has 31 heavy (non-hydrogen) atoms. The summed E-state index contributed by atoms with van der Waals surface area (Å²) in [7, 11) is 2.06. The van der Waals surface area contributed by atoms with E-state index in [0.717, 1.165) is 30.6 Å². The van der Waals surface area contributed by atoms with Crippen molar-refractivity contribution < 1.29 is 9.53 Å². The van der Waals surface area contributed by atoms with Crippen molar-refractivity contribution in [2.24, 2.45) is 0 Å². The van der Waals surface area contributed by atoms with Gasteiger partial charge in [0.15, 0.2) is 0 Å². The number of hydrogen-bond acceptors (Lipinski definition) is 5. The molecule has 2 aromatic carbocycles. The average Bonchev–Trinajstić information content (AvgIpc) is 2.72. The minimum atomic E-state index is -0.258. The summed E-state index contributed by atoms with van der Waals surface area (Å²) < 4.78 is 5.59. The molecule has 0 atom stereocenters. The highest BCUT2D eigenvalue weighted by atomic mass is 35.5. The number of nitrogens with zero attached hydrogens (tertiary/aromatic N) is 1. The number of carbonyl (C=O) groups is 1. The number of benzene rings is 2. The maximum atomic E-state index is 12.4. The van der Waals surface area contributed by atoms with Crippen LogP contribution in [0, 0.1) is 0 Å². The van der Waals surface area contributed by atoms with E-state index >= 15 is 0 Å². The molecule has 3 rings (SSSR count). The minimum absolute atomic E-state index is 0.0849. The van der Waals surface area contributed by atoms with Crippen LogP contribution in [-0.4, -0.2) is 42.4 Å². The number of para-hydroxylation sites is 2. The SMILES string of the molecule is CN(CCOC(=O)Cc1ccccc1Nc1c(Cl)cccc1Cl)CC1(S)CCCCC1. The normalized spacial score (nSPS) is 15.6. The van der Waals surface area contributed by atoms with E-state index in [1.54, 1.807) is 18.2 Å². The van der Waals surface area contributed by atoms with Gasteiger partial charge in [0.2, 0.25) is 0 Å². The fourth-order valence-corrected chi connectivity index (χ4v) is 5.07. The number of rotatable bonds is 9. The van der Waals surface area contributed by atoms with Crippen molar-refractivity contribution >= 4 is 53.2 Å². The predicted molar refractivity (Wildman–Crippen MR) is 133 cm³/mol. The van der Waals surface area contributed by atoms with Crippen molar-refractivity contribution in [3.8, 4) is 0 Å². The Morgan fingerprint density at radius 3 is 2.48 bits per heavy atom. The van der Waals surface area contributed by atoms with Gasteiger partial charge in [-0.1, -0.05) is 66.7 Å². The first-order chi connectivity index (χ1) is 14.9. The molecule has 0 spiro atoms. The molecular formula is C24H30Cl2N2O2S.